The van der Waals surface area contributed by atoms with Gasteiger partial charge in [0.25, 0.3) is 6.43 Å². The van der Waals surface area contributed by atoms with Crippen molar-refractivity contribution in [3.8, 4) is 0 Å². The van der Waals surface area contributed by atoms with E-state index < -0.39 is 17.8 Å². The molecule has 1 saturated heterocycles. The molecule has 1 fully saturated rings. The fraction of sp³-hybridized carbons (Fsp3) is 0.417. The summed E-state index contributed by atoms with van der Waals surface area (Å²) < 4.78 is 30.7. The third-order valence-corrected chi connectivity index (χ3v) is 2.97. The van der Waals surface area contributed by atoms with Gasteiger partial charge in [0.15, 0.2) is 0 Å². The summed E-state index contributed by atoms with van der Waals surface area (Å²) in [4.78, 5) is 11.4. The van der Waals surface area contributed by atoms with E-state index in [9.17, 15) is 13.6 Å². The number of rotatable bonds is 3. The molecule has 4 heteroatoms. The first-order chi connectivity index (χ1) is 7.65. The van der Waals surface area contributed by atoms with Crippen molar-refractivity contribution in [2.45, 2.75) is 19.3 Å². The summed E-state index contributed by atoms with van der Waals surface area (Å²) in [6.07, 6.45) is -2.54. The van der Waals surface area contributed by atoms with Crippen molar-refractivity contribution in [1.29, 1.82) is 0 Å². The number of esters is 1. The van der Waals surface area contributed by atoms with Gasteiger partial charge in [0.1, 0.15) is 5.41 Å². The SMILES string of the molecule is O=C1OCCC1(Cc1ccccc1)C(F)F. The van der Waals surface area contributed by atoms with E-state index in [4.69, 9.17) is 0 Å². The lowest BCUT2D eigenvalue weighted by molar-refractivity contribution is -0.153. The molecular formula is C12H12F2O2. The highest BCUT2D eigenvalue weighted by Gasteiger charge is 2.52. The van der Waals surface area contributed by atoms with Crippen LogP contribution >= 0.6 is 0 Å². The van der Waals surface area contributed by atoms with Crippen LogP contribution in [-0.4, -0.2) is 19.0 Å². The molecule has 0 aliphatic carbocycles. The molecule has 16 heavy (non-hydrogen) atoms. The lowest BCUT2D eigenvalue weighted by atomic mass is 9.80. The van der Waals surface area contributed by atoms with E-state index in [2.05, 4.69) is 4.74 Å². The number of carbonyl (C=O) groups excluding carboxylic acids is 1. The highest BCUT2D eigenvalue weighted by atomic mass is 19.3. The van der Waals surface area contributed by atoms with Crippen LogP contribution in [0.5, 0.6) is 0 Å². The van der Waals surface area contributed by atoms with Gasteiger partial charge in [-0.2, -0.15) is 0 Å². The second kappa shape index (κ2) is 4.20. The van der Waals surface area contributed by atoms with Gasteiger partial charge in [0.05, 0.1) is 6.61 Å². The summed E-state index contributed by atoms with van der Waals surface area (Å²) in [7, 11) is 0. The zero-order valence-electron chi connectivity index (χ0n) is 8.66. The first kappa shape index (κ1) is 11.0. The number of benzene rings is 1. The van der Waals surface area contributed by atoms with Crippen molar-refractivity contribution in [3.63, 3.8) is 0 Å². The molecule has 0 spiro atoms. The maximum absolute atomic E-state index is 13.0. The molecule has 0 saturated carbocycles. The molecule has 1 unspecified atom stereocenters. The Bertz CT molecular complexity index is 378. The van der Waals surface area contributed by atoms with Crippen molar-refractivity contribution in [2.24, 2.45) is 5.41 Å². The summed E-state index contributed by atoms with van der Waals surface area (Å²) in [5.74, 6) is -0.772. The van der Waals surface area contributed by atoms with E-state index in [1.807, 2.05) is 6.07 Å². The van der Waals surface area contributed by atoms with E-state index in [0.29, 0.717) is 0 Å². The second-order valence-corrected chi connectivity index (χ2v) is 4.01. The van der Waals surface area contributed by atoms with Crippen LogP contribution in [0.3, 0.4) is 0 Å². The van der Waals surface area contributed by atoms with Gasteiger partial charge in [-0.3, -0.25) is 4.79 Å². The van der Waals surface area contributed by atoms with Crippen molar-refractivity contribution in [2.75, 3.05) is 6.61 Å². The molecule has 0 N–H and O–H groups in total. The minimum atomic E-state index is -2.68. The number of hydrogen-bond donors (Lipinski definition) is 0. The van der Waals surface area contributed by atoms with Crippen LogP contribution in [0.4, 0.5) is 8.78 Å². The van der Waals surface area contributed by atoms with Crippen LogP contribution < -0.4 is 0 Å². The molecule has 86 valence electrons. The summed E-state index contributed by atoms with van der Waals surface area (Å²) in [5.41, 5.74) is -0.900. The van der Waals surface area contributed by atoms with Gasteiger partial charge in [-0.1, -0.05) is 30.3 Å². The first-order valence-corrected chi connectivity index (χ1v) is 5.14. The Hall–Kier alpha value is -1.45. The van der Waals surface area contributed by atoms with Crippen molar-refractivity contribution in [1.82, 2.24) is 0 Å². The molecular weight excluding hydrogens is 214 g/mol. The molecule has 1 aromatic rings. The molecule has 1 heterocycles. The molecule has 0 bridgehead atoms. The monoisotopic (exact) mass is 226 g/mol. The normalized spacial score (nSPS) is 24.8. The molecule has 1 aliphatic heterocycles. The Balaban J connectivity index is 2.25. The lowest BCUT2D eigenvalue weighted by Crippen LogP contribution is -2.36. The van der Waals surface area contributed by atoms with Gasteiger partial charge in [0, 0.05) is 6.42 Å². The van der Waals surface area contributed by atoms with Crippen LogP contribution in [0.1, 0.15) is 12.0 Å². The van der Waals surface area contributed by atoms with Gasteiger partial charge >= 0.3 is 5.97 Å². The van der Waals surface area contributed by atoms with Crippen LogP contribution in [0.2, 0.25) is 0 Å². The van der Waals surface area contributed by atoms with Crippen LogP contribution in [-0.2, 0) is 16.0 Å². The Labute approximate surface area is 92.2 Å². The summed E-state index contributed by atoms with van der Waals surface area (Å²) in [5, 5.41) is 0. The molecule has 1 atom stereocenters. The van der Waals surface area contributed by atoms with Crippen molar-refractivity contribution in [3.05, 3.63) is 35.9 Å². The number of halogens is 2. The van der Waals surface area contributed by atoms with E-state index in [0.717, 1.165) is 5.56 Å². The highest BCUT2D eigenvalue weighted by molar-refractivity contribution is 5.79. The number of ether oxygens (including phenoxy) is 1. The molecule has 2 nitrogen and oxygen atoms in total. The predicted molar refractivity (Wildman–Crippen MR) is 54.2 cm³/mol. The molecule has 1 aliphatic rings. The molecule has 1 aromatic carbocycles. The van der Waals surface area contributed by atoms with Gasteiger partial charge in [0.2, 0.25) is 0 Å². The molecule has 0 radical (unpaired) electrons. The van der Waals surface area contributed by atoms with E-state index in [1.165, 1.54) is 0 Å². The van der Waals surface area contributed by atoms with Gasteiger partial charge < -0.3 is 4.74 Å². The topological polar surface area (TPSA) is 26.3 Å². The highest BCUT2D eigenvalue weighted by Crippen LogP contribution is 2.39. The van der Waals surface area contributed by atoms with Gasteiger partial charge in [-0.25, -0.2) is 8.78 Å². The Kier molecular flexibility index (Phi) is 2.90. The molecule has 0 aromatic heterocycles. The Morgan fingerprint density at radius 1 is 1.31 bits per heavy atom. The van der Waals surface area contributed by atoms with Crippen molar-refractivity contribution < 1.29 is 18.3 Å². The van der Waals surface area contributed by atoms with Gasteiger partial charge in [-0.05, 0) is 12.0 Å². The standard InChI is InChI=1S/C12H12F2O2/c13-10(14)12(6-7-16-11(12)15)8-9-4-2-1-3-5-9/h1-5,10H,6-8H2. The second-order valence-electron chi connectivity index (χ2n) is 4.01. The zero-order chi connectivity index (χ0) is 11.6. The minimum absolute atomic E-state index is 0.0460. The number of alkyl halides is 2. The van der Waals surface area contributed by atoms with E-state index >= 15 is 0 Å². The average Bonchev–Trinajstić information content (AvgIpc) is 2.63. The maximum Gasteiger partial charge on any atom is 0.318 e. The summed E-state index contributed by atoms with van der Waals surface area (Å²) in [6.45, 7) is 0.0933. The van der Waals surface area contributed by atoms with Gasteiger partial charge in [-0.15, -0.1) is 0 Å². The average molecular weight is 226 g/mol. The van der Waals surface area contributed by atoms with E-state index in [1.54, 1.807) is 24.3 Å². The Morgan fingerprint density at radius 2 is 2.00 bits per heavy atom. The zero-order valence-corrected chi connectivity index (χ0v) is 8.66. The Morgan fingerprint density at radius 3 is 2.50 bits per heavy atom. The largest absolute Gasteiger partial charge is 0.465 e. The quantitative estimate of drug-likeness (QED) is 0.740. The van der Waals surface area contributed by atoms with E-state index in [-0.39, 0.29) is 19.4 Å². The number of carbonyl (C=O) groups is 1. The lowest BCUT2D eigenvalue weighted by Gasteiger charge is -2.23. The van der Waals surface area contributed by atoms with Crippen LogP contribution in [0.15, 0.2) is 30.3 Å². The van der Waals surface area contributed by atoms with Crippen molar-refractivity contribution >= 4 is 5.97 Å². The first-order valence-electron chi connectivity index (χ1n) is 5.14. The summed E-state index contributed by atoms with van der Waals surface area (Å²) in [6, 6.07) is 8.85. The number of cyclic esters (lactones) is 1. The minimum Gasteiger partial charge on any atom is -0.465 e. The smallest absolute Gasteiger partial charge is 0.318 e. The predicted octanol–water partition coefficient (Wildman–Crippen LogP) is 2.43. The fourth-order valence-corrected chi connectivity index (χ4v) is 1.97. The molecule has 2 rings (SSSR count). The molecule has 0 amide bonds. The third-order valence-electron chi connectivity index (χ3n) is 2.97. The fourth-order valence-electron chi connectivity index (χ4n) is 1.97. The number of hydrogen-bond acceptors (Lipinski definition) is 2. The van der Waals surface area contributed by atoms with Crippen LogP contribution in [0.25, 0.3) is 0 Å². The summed E-state index contributed by atoms with van der Waals surface area (Å²) >= 11 is 0. The third kappa shape index (κ3) is 1.79. The van der Waals surface area contributed by atoms with Crippen LogP contribution in [0, 0.1) is 5.41 Å². The maximum atomic E-state index is 13.0.